The Morgan fingerprint density at radius 2 is 1.23 bits per heavy atom. The predicted molar refractivity (Wildman–Crippen MR) is 99.7 cm³/mol. The van der Waals surface area contributed by atoms with Gasteiger partial charge < -0.3 is 4.74 Å². The van der Waals surface area contributed by atoms with Crippen molar-refractivity contribution in [1.29, 1.82) is 0 Å². The van der Waals surface area contributed by atoms with Crippen LogP contribution in [-0.4, -0.2) is 17.4 Å². The Bertz CT molecular complexity index is 244. The Balaban J connectivity index is 3.12. The van der Waals surface area contributed by atoms with E-state index in [1.807, 2.05) is 6.92 Å². The Morgan fingerprint density at radius 3 is 1.64 bits per heavy atom. The highest BCUT2D eigenvalue weighted by Gasteiger charge is 2.07. The van der Waals surface area contributed by atoms with Crippen molar-refractivity contribution in [2.45, 2.75) is 110 Å². The lowest BCUT2D eigenvalue weighted by Crippen LogP contribution is -2.15. The van der Waals surface area contributed by atoms with E-state index >= 15 is 0 Å². The van der Waals surface area contributed by atoms with Gasteiger partial charge >= 0.3 is 5.97 Å². The highest BCUT2D eigenvalue weighted by atomic mass is 79.9. The molecule has 22 heavy (non-hydrogen) atoms. The summed E-state index contributed by atoms with van der Waals surface area (Å²) < 4.78 is 5.22. The molecule has 0 N–H and O–H groups in total. The molecule has 132 valence electrons. The Morgan fingerprint density at radius 1 is 0.818 bits per heavy atom. The molecule has 0 fully saturated rings. The first-order valence-electron chi connectivity index (χ1n) is 9.46. The quantitative estimate of drug-likeness (QED) is 0.168. The topological polar surface area (TPSA) is 26.3 Å². The number of alkyl halides is 1. The zero-order valence-corrected chi connectivity index (χ0v) is 16.5. The zero-order chi connectivity index (χ0) is 16.5. The molecule has 0 radical (unpaired) electrons. The average Bonchev–Trinajstić information content (AvgIpc) is 2.51. The summed E-state index contributed by atoms with van der Waals surface area (Å²) in [6.45, 7) is 4.18. The maximum absolute atomic E-state index is 11.5. The van der Waals surface area contributed by atoms with E-state index in [1.165, 1.54) is 70.6 Å². The Kier molecular flexibility index (Phi) is 17.3. The third-order valence-electron chi connectivity index (χ3n) is 4.03. The summed E-state index contributed by atoms with van der Waals surface area (Å²) in [5, 5.41) is 0.720. The molecule has 0 spiro atoms. The molecule has 0 rings (SSSR count). The molecule has 0 saturated carbocycles. The average molecular weight is 377 g/mol. The minimum absolute atomic E-state index is 0.00512. The van der Waals surface area contributed by atoms with Gasteiger partial charge in [0.15, 0.2) is 0 Å². The number of ether oxygens (including phenoxy) is 1. The Labute approximate surface area is 146 Å². The number of esters is 1. The summed E-state index contributed by atoms with van der Waals surface area (Å²) in [6.07, 6.45) is 17.9. The molecule has 1 atom stereocenters. The van der Waals surface area contributed by atoms with E-state index in [9.17, 15) is 4.79 Å². The van der Waals surface area contributed by atoms with Gasteiger partial charge in [-0.2, -0.15) is 0 Å². The lowest BCUT2D eigenvalue weighted by molar-refractivity contribution is -0.147. The fraction of sp³-hybridized carbons (Fsp3) is 0.947. The fourth-order valence-electron chi connectivity index (χ4n) is 2.60. The molecule has 2 nitrogen and oxygen atoms in total. The summed E-state index contributed by atoms with van der Waals surface area (Å²) in [4.78, 5) is 11.5. The molecule has 0 aromatic rings. The van der Waals surface area contributed by atoms with Crippen LogP contribution in [0.25, 0.3) is 0 Å². The third-order valence-corrected chi connectivity index (χ3v) is 4.95. The van der Waals surface area contributed by atoms with E-state index in [0.29, 0.717) is 6.42 Å². The first kappa shape index (κ1) is 21.9. The lowest BCUT2D eigenvalue weighted by Gasteiger charge is -2.09. The van der Waals surface area contributed by atoms with Gasteiger partial charge in [0.2, 0.25) is 0 Å². The van der Waals surface area contributed by atoms with Crippen molar-refractivity contribution in [3.05, 3.63) is 0 Å². The fourth-order valence-corrected chi connectivity index (χ4v) is 2.73. The summed E-state index contributed by atoms with van der Waals surface area (Å²) >= 11 is 3.31. The molecule has 1 unspecified atom stereocenters. The van der Waals surface area contributed by atoms with Crippen molar-refractivity contribution in [3.63, 3.8) is 0 Å². The van der Waals surface area contributed by atoms with E-state index in [0.717, 1.165) is 18.2 Å². The monoisotopic (exact) mass is 376 g/mol. The van der Waals surface area contributed by atoms with Crippen LogP contribution >= 0.6 is 15.9 Å². The smallest absolute Gasteiger partial charge is 0.306 e. The molecule has 0 bridgehead atoms. The number of unbranched alkanes of at least 4 members (excludes halogenated alkanes) is 12. The van der Waals surface area contributed by atoms with E-state index in [2.05, 4.69) is 22.9 Å². The third kappa shape index (κ3) is 16.3. The summed E-state index contributed by atoms with van der Waals surface area (Å²) in [5.41, 5.74) is 0. The molecule has 0 aliphatic rings. The van der Waals surface area contributed by atoms with E-state index in [4.69, 9.17) is 4.74 Å². The van der Waals surface area contributed by atoms with Crippen molar-refractivity contribution < 1.29 is 9.53 Å². The van der Waals surface area contributed by atoms with Crippen LogP contribution in [0, 0.1) is 0 Å². The number of hydrogen-bond acceptors (Lipinski definition) is 2. The molecular weight excluding hydrogens is 340 g/mol. The van der Waals surface area contributed by atoms with Gasteiger partial charge in [-0.3, -0.25) is 4.79 Å². The van der Waals surface area contributed by atoms with Gasteiger partial charge in [0.05, 0.1) is 0 Å². The van der Waals surface area contributed by atoms with Gasteiger partial charge in [-0.25, -0.2) is 0 Å². The van der Waals surface area contributed by atoms with Gasteiger partial charge in [-0.15, -0.1) is 0 Å². The van der Waals surface area contributed by atoms with Crippen LogP contribution in [-0.2, 0) is 9.53 Å². The number of carbonyl (C=O) groups excluding carboxylic acids is 1. The first-order chi connectivity index (χ1) is 10.7. The SMILES string of the molecule is CCCCCCCCCCCCCCCC(=O)OC(C)CBr. The van der Waals surface area contributed by atoms with Crippen molar-refractivity contribution in [2.24, 2.45) is 0 Å². The lowest BCUT2D eigenvalue weighted by atomic mass is 10.0. The molecule has 0 aromatic heterocycles. The molecule has 0 saturated heterocycles. The van der Waals surface area contributed by atoms with Crippen LogP contribution in [0.1, 0.15) is 104 Å². The van der Waals surface area contributed by atoms with E-state index < -0.39 is 0 Å². The molecule has 0 aliphatic heterocycles. The first-order valence-corrected chi connectivity index (χ1v) is 10.6. The van der Waals surface area contributed by atoms with Crippen LogP contribution in [0.15, 0.2) is 0 Å². The molecule has 0 aromatic carbocycles. The standard InChI is InChI=1S/C19H37BrO2/c1-3-4-5-6-7-8-9-10-11-12-13-14-15-16-19(21)22-18(2)17-20/h18H,3-17H2,1-2H3. The van der Waals surface area contributed by atoms with Gasteiger partial charge in [-0.1, -0.05) is 99.9 Å². The normalized spacial score (nSPS) is 12.3. The van der Waals surface area contributed by atoms with Gasteiger partial charge in [0, 0.05) is 11.8 Å². The van der Waals surface area contributed by atoms with Gasteiger partial charge in [0.25, 0.3) is 0 Å². The van der Waals surface area contributed by atoms with Crippen molar-refractivity contribution in [3.8, 4) is 0 Å². The number of hydrogen-bond donors (Lipinski definition) is 0. The molecule has 0 aliphatic carbocycles. The highest BCUT2D eigenvalue weighted by molar-refractivity contribution is 9.09. The maximum atomic E-state index is 11.5. The van der Waals surface area contributed by atoms with Gasteiger partial charge in [-0.05, 0) is 13.3 Å². The van der Waals surface area contributed by atoms with Crippen LogP contribution < -0.4 is 0 Å². The van der Waals surface area contributed by atoms with Crippen LogP contribution in [0.4, 0.5) is 0 Å². The highest BCUT2D eigenvalue weighted by Crippen LogP contribution is 2.13. The zero-order valence-electron chi connectivity index (χ0n) is 14.9. The van der Waals surface area contributed by atoms with E-state index in [1.54, 1.807) is 0 Å². The second kappa shape index (κ2) is 17.3. The molecule has 0 amide bonds. The van der Waals surface area contributed by atoms with Gasteiger partial charge in [0.1, 0.15) is 6.10 Å². The minimum Gasteiger partial charge on any atom is -0.462 e. The molecular formula is C19H37BrO2. The number of halogens is 1. The van der Waals surface area contributed by atoms with Crippen LogP contribution in [0.2, 0.25) is 0 Å². The van der Waals surface area contributed by atoms with Crippen LogP contribution in [0.3, 0.4) is 0 Å². The second-order valence-electron chi connectivity index (χ2n) is 6.45. The minimum atomic E-state index is -0.0463. The summed E-state index contributed by atoms with van der Waals surface area (Å²) in [5.74, 6) is -0.0463. The number of rotatable bonds is 16. The summed E-state index contributed by atoms with van der Waals surface area (Å²) in [7, 11) is 0. The van der Waals surface area contributed by atoms with E-state index in [-0.39, 0.29) is 12.1 Å². The second-order valence-corrected chi connectivity index (χ2v) is 7.09. The molecule has 3 heteroatoms. The van der Waals surface area contributed by atoms with Crippen LogP contribution in [0.5, 0.6) is 0 Å². The molecule has 0 heterocycles. The Hall–Kier alpha value is -0.0500. The summed E-state index contributed by atoms with van der Waals surface area (Å²) in [6, 6.07) is 0. The largest absolute Gasteiger partial charge is 0.462 e. The predicted octanol–water partition coefficient (Wildman–Crippen LogP) is 6.79. The number of carbonyl (C=O) groups is 1. The van der Waals surface area contributed by atoms with Crippen molar-refractivity contribution in [1.82, 2.24) is 0 Å². The van der Waals surface area contributed by atoms with Crippen molar-refractivity contribution in [2.75, 3.05) is 5.33 Å². The van der Waals surface area contributed by atoms with Crippen molar-refractivity contribution >= 4 is 21.9 Å². The maximum Gasteiger partial charge on any atom is 0.306 e.